The van der Waals surface area contributed by atoms with E-state index in [1.165, 1.54) is 11.3 Å². The fourth-order valence-corrected chi connectivity index (χ4v) is 3.19. The average Bonchev–Trinajstić information content (AvgIpc) is 2.58. The van der Waals surface area contributed by atoms with E-state index in [2.05, 4.69) is 4.90 Å². The van der Waals surface area contributed by atoms with Gasteiger partial charge in [-0.05, 0) is 19.9 Å². The van der Waals surface area contributed by atoms with E-state index >= 15 is 0 Å². The molecule has 0 aromatic carbocycles. The number of thiazole rings is 1. The molecule has 0 radical (unpaired) electrons. The molecule has 1 aliphatic rings. The highest BCUT2D eigenvalue weighted by Gasteiger charge is 2.16. The van der Waals surface area contributed by atoms with Gasteiger partial charge in [0.2, 0.25) is 5.91 Å². The lowest BCUT2D eigenvalue weighted by molar-refractivity contribution is -0.128. The van der Waals surface area contributed by atoms with Gasteiger partial charge in [-0.15, -0.1) is 0 Å². The number of hydrogen-bond donors (Lipinski definition) is 0. The monoisotopic (exact) mass is 283 g/mol. The van der Waals surface area contributed by atoms with Crippen LogP contribution in [-0.4, -0.2) is 53.0 Å². The number of nitrogens with zero attached hydrogens (tertiary/aromatic N) is 3. The molecule has 0 N–H and O–H groups in total. The fourth-order valence-electron chi connectivity index (χ4n) is 2.43. The quantitative estimate of drug-likeness (QED) is 0.823. The first-order valence-corrected chi connectivity index (χ1v) is 7.58. The molecule has 1 fully saturated rings. The van der Waals surface area contributed by atoms with Gasteiger partial charge in [-0.3, -0.25) is 14.5 Å². The van der Waals surface area contributed by atoms with Crippen LogP contribution in [0.15, 0.2) is 10.2 Å². The van der Waals surface area contributed by atoms with Crippen LogP contribution in [0.1, 0.15) is 19.0 Å². The van der Waals surface area contributed by atoms with Gasteiger partial charge < -0.3 is 9.47 Å². The molecule has 0 spiro atoms. The zero-order valence-corrected chi connectivity index (χ0v) is 12.4. The zero-order valence-electron chi connectivity index (χ0n) is 11.6. The van der Waals surface area contributed by atoms with Crippen LogP contribution in [0.4, 0.5) is 0 Å². The maximum absolute atomic E-state index is 11.6. The minimum atomic E-state index is 0.123. The molecule has 106 valence electrons. The van der Waals surface area contributed by atoms with Crippen molar-refractivity contribution in [2.45, 2.75) is 26.8 Å². The predicted octanol–water partition coefficient (Wildman–Crippen LogP) is 0.772. The molecule has 0 saturated carbocycles. The second-order valence-electron chi connectivity index (χ2n) is 5.00. The molecule has 1 amide bonds. The number of hydrogen-bond acceptors (Lipinski definition) is 4. The highest BCUT2D eigenvalue weighted by molar-refractivity contribution is 7.07. The van der Waals surface area contributed by atoms with E-state index in [4.69, 9.17) is 0 Å². The van der Waals surface area contributed by atoms with E-state index in [1.54, 1.807) is 6.92 Å². The molecule has 1 aliphatic heterocycles. The van der Waals surface area contributed by atoms with Crippen LogP contribution in [-0.2, 0) is 11.3 Å². The summed E-state index contributed by atoms with van der Waals surface area (Å²) in [6.07, 6.45) is 1.01. The maximum Gasteiger partial charge on any atom is 0.307 e. The molecule has 0 unspecified atom stereocenters. The van der Waals surface area contributed by atoms with Gasteiger partial charge in [0.25, 0.3) is 0 Å². The molecule has 0 atom stereocenters. The Bertz CT molecular complexity index is 494. The number of aromatic nitrogens is 1. The molecular formula is C13H21N3O2S. The van der Waals surface area contributed by atoms with Crippen molar-refractivity contribution >= 4 is 17.2 Å². The van der Waals surface area contributed by atoms with E-state index in [-0.39, 0.29) is 10.8 Å². The van der Waals surface area contributed by atoms with E-state index in [9.17, 15) is 9.59 Å². The molecule has 0 aliphatic carbocycles. The van der Waals surface area contributed by atoms with Gasteiger partial charge >= 0.3 is 4.87 Å². The van der Waals surface area contributed by atoms with Gasteiger partial charge in [0.15, 0.2) is 0 Å². The van der Waals surface area contributed by atoms with Crippen molar-refractivity contribution in [1.29, 1.82) is 0 Å². The lowest BCUT2D eigenvalue weighted by Crippen LogP contribution is -2.35. The number of aryl methyl sites for hydroxylation is 1. The summed E-state index contributed by atoms with van der Waals surface area (Å²) in [4.78, 5) is 27.4. The third-order valence-electron chi connectivity index (χ3n) is 3.65. The van der Waals surface area contributed by atoms with Crippen molar-refractivity contribution < 1.29 is 4.79 Å². The second kappa shape index (κ2) is 6.34. The molecule has 0 bridgehead atoms. The van der Waals surface area contributed by atoms with Crippen LogP contribution < -0.4 is 4.87 Å². The van der Waals surface area contributed by atoms with E-state index in [1.807, 2.05) is 21.8 Å². The van der Waals surface area contributed by atoms with Gasteiger partial charge in [0.05, 0.1) is 0 Å². The van der Waals surface area contributed by atoms with Crippen molar-refractivity contribution in [3.8, 4) is 0 Å². The summed E-state index contributed by atoms with van der Waals surface area (Å²) in [6.45, 7) is 8.77. The lowest BCUT2D eigenvalue weighted by atomic mass is 10.3. The molecule has 1 aromatic heterocycles. The summed E-state index contributed by atoms with van der Waals surface area (Å²) < 4.78 is 1.83. The molecular weight excluding hydrogens is 262 g/mol. The third kappa shape index (κ3) is 3.67. The van der Waals surface area contributed by atoms with Crippen LogP contribution >= 0.6 is 11.3 Å². The Labute approximate surface area is 117 Å². The lowest BCUT2D eigenvalue weighted by Gasteiger charge is -2.21. The van der Waals surface area contributed by atoms with E-state index in [0.717, 1.165) is 51.4 Å². The number of carbonyl (C=O) groups is 1. The molecule has 1 saturated heterocycles. The number of amides is 1. The number of carbonyl (C=O) groups excluding carboxylic acids is 1. The third-order valence-corrected chi connectivity index (χ3v) is 4.53. The first-order valence-electron chi connectivity index (χ1n) is 6.70. The largest absolute Gasteiger partial charge is 0.342 e. The van der Waals surface area contributed by atoms with Crippen molar-refractivity contribution in [3.05, 3.63) is 20.7 Å². The van der Waals surface area contributed by atoms with Gasteiger partial charge in [0.1, 0.15) is 0 Å². The van der Waals surface area contributed by atoms with Crippen LogP contribution in [0.3, 0.4) is 0 Å². The Morgan fingerprint density at radius 1 is 1.26 bits per heavy atom. The van der Waals surface area contributed by atoms with Crippen molar-refractivity contribution in [2.75, 3.05) is 32.7 Å². The predicted molar refractivity (Wildman–Crippen MR) is 76.6 cm³/mol. The Hall–Kier alpha value is -1.14. The minimum absolute atomic E-state index is 0.123. The first-order chi connectivity index (χ1) is 9.08. The summed E-state index contributed by atoms with van der Waals surface area (Å²) in [6, 6.07) is 0. The Morgan fingerprint density at radius 2 is 2.05 bits per heavy atom. The molecule has 19 heavy (non-hydrogen) atoms. The van der Waals surface area contributed by atoms with Gasteiger partial charge in [-0.1, -0.05) is 11.3 Å². The Balaban J connectivity index is 1.87. The molecule has 6 heteroatoms. The summed E-state index contributed by atoms with van der Waals surface area (Å²) in [7, 11) is 0. The summed E-state index contributed by atoms with van der Waals surface area (Å²) in [5, 5.41) is 1.91. The topological polar surface area (TPSA) is 45.6 Å². The standard InChI is InChI=1S/C13H21N3O2S/c1-11-10-19-13(18)16(11)9-7-14-4-3-5-15(8-6-14)12(2)17/h10H,3-9H2,1-2H3. The van der Waals surface area contributed by atoms with Crippen molar-refractivity contribution in [3.63, 3.8) is 0 Å². The van der Waals surface area contributed by atoms with E-state index in [0.29, 0.717) is 0 Å². The summed E-state index contributed by atoms with van der Waals surface area (Å²) in [5.41, 5.74) is 1.04. The van der Waals surface area contributed by atoms with Crippen LogP contribution in [0.2, 0.25) is 0 Å². The second-order valence-corrected chi connectivity index (χ2v) is 5.82. The van der Waals surface area contributed by atoms with Crippen LogP contribution in [0.5, 0.6) is 0 Å². The summed E-state index contributed by atoms with van der Waals surface area (Å²) >= 11 is 1.26. The first kappa shape index (κ1) is 14.3. The molecule has 5 nitrogen and oxygen atoms in total. The zero-order chi connectivity index (χ0) is 13.8. The SMILES string of the molecule is CC(=O)N1CCCN(CCn2c(C)csc2=O)CC1. The molecule has 2 rings (SSSR count). The molecule has 1 aromatic rings. The van der Waals surface area contributed by atoms with Gasteiger partial charge in [-0.25, -0.2) is 0 Å². The van der Waals surface area contributed by atoms with E-state index < -0.39 is 0 Å². The highest BCUT2D eigenvalue weighted by Crippen LogP contribution is 2.05. The van der Waals surface area contributed by atoms with Crippen molar-refractivity contribution in [2.24, 2.45) is 0 Å². The Kier molecular flexibility index (Phi) is 4.76. The highest BCUT2D eigenvalue weighted by atomic mass is 32.1. The maximum atomic E-state index is 11.6. The Morgan fingerprint density at radius 3 is 2.68 bits per heavy atom. The normalized spacial score (nSPS) is 17.5. The number of rotatable bonds is 3. The van der Waals surface area contributed by atoms with Crippen LogP contribution in [0.25, 0.3) is 0 Å². The van der Waals surface area contributed by atoms with Crippen molar-refractivity contribution in [1.82, 2.24) is 14.4 Å². The smallest absolute Gasteiger partial charge is 0.307 e. The summed E-state index contributed by atoms with van der Waals surface area (Å²) in [5.74, 6) is 0.159. The van der Waals surface area contributed by atoms with Gasteiger partial charge in [0, 0.05) is 50.7 Å². The fraction of sp³-hybridized carbons (Fsp3) is 0.692. The molecule has 2 heterocycles. The van der Waals surface area contributed by atoms with Gasteiger partial charge in [-0.2, -0.15) is 0 Å². The average molecular weight is 283 g/mol. The van der Waals surface area contributed by atoms with Crippen LogP contribution in [0, 0.1) is 6.92 Å². The minimum Gasteiger partial charge on any atom is -0.342 e.